The maximum absolute atomic E-state index is 12.0. The zero-order chi connectivity index (χ0) is 18.0. The Morgan fingerprint density at radius 3 is 2.76 bits per heavy atom. The van der Waals surface area contributed by atoms with Crippen molar-refractivity contribution in [3.05, 3.63) is 73.9 Å². The first-order valence-electron chi connectivity index (χ1n) is 7.09. The molecule has 2 aromatic carbocycles. The van der Waals surface area contributed by atoms with E-state index in [9.17, 15) is 14.9 Å². The minimum atomic E-state index is -0.621. The highest BCUT2D eigenvalue weighted by atomic mass is 79.9. The van der Waals surface area contributed by atoms with E-state index in [0.717, 1.165) is 0 Å². The van der Waals surface area contributed by atoms with Crippen molar-refractivity contribution in [1.82, 2.24) is 0 Å². The molecular weight excluding hydrogens is 392 g/mol. The lowest BCUT2D eigenvalue weighted by Gasteiger charge is -2.05. The third kappa shape index (κ3) is 3.58. The molecule has 0 saturated heterocycles. The van der Waals surface area contributed by atoms with Crippen LogP contribution in [0.4, 0.5) is 5.69 Å². The molecule has 0 bridgehead atoms. The highest BCUT2D eigenvalue weighted by Gasteiger charge is 2.25. The van der Waals surface area contributed by atoms with Crippen LogP contribution >= 0.6 is 15.9 Å². The van der Waals surface area contributed by atoms with Gasteiger partial charge in [0.1, 0.15) is 5.75 Å². The maximum atomic E-state index is 12.0. The number of halogens is 1. The summed E-state index contributed by atoms with van der Waals surface area (Å²) in [6.45, 7) is 0. The largest absolute Gasteiger partial charge is 0.497 e. The molecular formula is C17H11BrN2O5. The second-order valence-electron chi connectivity index (χ2n) is 5.03. The van der Waals surface area contributed by atoms with Crippen molar-refractivity contribution >= 4 is 39.6 Å². The Bertz CT molecular complexity index is 936. The number of hydrogen-bond donors (Lipinski definition) is 0. The minimum absolute atomic E-state index is 0.0668. The van der Waals surface area contributed by atoms with E-state index < -0.39 is 10.9 Å². The molecule has 1 aliphatic rings. The van der Waals surface area contributed by atoms with E-state index in [-0.39, 0.29) is 17.3 Å². The third-order valence-corrected chi connectivity index (χ3v) is 4.07. The number of nitrogens with zero attached hydrogens (tertiary/aromatic N) is 2. The topological polar surface area (TPSA) is 91.0 Å². The van der Waals surface area contributed by atoms with Crippen molar-refractivity contribution in [1.29, 1.82) is 0 Å². The van der Waals surface area contributed by atoms with Gasteiger partial charge in [-0.2, -0.15) is 0 Å². The van der Waals surface area contributed by atoms with Gasteiger partial charge >= 0.3 is 5.97 Å². The van der Waals surface area contributed by atoms with Crippen LogP contribution in [0.25, 0.3) is 6.08 Å². The number of methoxy groups -OCH3 is 1. The molecule has 126 valence electrons. The van der Waals surface area contributed by atoms with Crippen LogP contribution in [0.15, 0.2) is 57.6 Å². The predicted molar refractivity (Wildman–Crippen MR) is 94.4 cm³/mol. The molecule has 7 nitrogen and oxygen atoms in total. The van der Waals surface area contributed by atoms with Crippen LogP contribution in [0.2, 0.25) is 0 Å². The van der Waals surface area contributed by atoms with Crippen LogP contribution in [0.5, 0.6) is 5.75 Å². The number of hydrogen-bond acceptors (Lipinski definition) is 6. The summed E-state index contributed by atoms with van der Waals surface area (Å²) in [7, 11) is 1.55. The number of esters is 1. The van der Waals surface area contributed by atoms with Crippen LogP contribution in [0.3, 0.4) is 0 Å². The summed E-state index contributed by atoms with van der Waals surface area (Å²) in [6, 6.07) is 11.1. The van der Waals surface area contributed by atoms with Gasteiger partial charge in [-0.1, -0.05) is 12.1 Å². The molecule has 2 aromatic rings. The van der Waals surface area contributed by atoms with Crippen molar-refractivity contribution in [2.75, 3.05) is 7.11 Å². The summed E-state index contributed by atoms with van der Waals surface area (Å²) in [4.78, 5) is 26.6. The van der Waals surface area contributed by atoms with Gasteiger partial charge in [0.15, 0.2) is 5.70 Å². The first-order valence-corrected chi connectivity index (χ1v) is 7.88. The molecule has 8 heteroatoms. The Labute approximate surface area is 150 Å². The SMILES string of the molecule is COc1ccc(C2=N/C(=C\c3cccc([N+](=O)[O-])c3)C(=O)O2)c(Br)c1. The van der Waals surface area contributed by atoms with Gasteiger partial charge in [-0.05, 0) is 45.8 Å². The predicted octanol–water partition coefficient (Wildman–Crippen LogP) is 3.71. The van der Waals surface area contributed by atoms with Crippen molar-refractivity contribution in [3.63, 3.8) is 0 Å². The number of carbonyl (C=O) groups is 1. The standard InChI is InChI=1S/C17H11BrN2O5/c1-24-12-5-6-13(14(18)9-12)16-19-15(17(21)25-16)8-10-3-2-4-11(7-10)20(22)23/h2-9H,1H3/b15-8-. The number of non-ortho nitro benzene ring substituents is 1. The van der Waals surface area contributed by atoms with Gasteiger partial charge in [-0.25, -0.2) is 9.79 Å². The van der Waals surface area contributed by atoms with Crippen molar-refractivity contribution in [2.24, 2.45) is 4.99 Å². The summed E-state index contributed by atoms with van der Waals surface area (Å²) in [5, 5.41) is 10.8. The van der Waals surface area contributed by atoms with Crippen molar-refractivity contribution < 1.29 is 19.2 Å². The van der Waals surface area contributed by atoms with Gasteiger partial charge in [0.05, 0.1) is 17.6 Å². The van der Waals surface area contributed by atoms with Crippen LogP contribution < -0.4 is 4.74 Å². The quantitative estimate of drug-likeness (QED) is 0.336. The van der Waals surface area contributed by atoms with Crippen LogP contribution in [-0.2, 0) is 9.53 Å². The first-order chi connectivity index (χ1) is 12.0. The number of nitro groups is 1. The Hall–Kier alpha value is -3.00. The molecule has 0 radical (unpaired) electrons. The van der Waals surface area contributed by atoms with Crippen LogP contribution in [-0.4, -0.2) is 23.9 Å². The van der Waals surface area contributed by atoms with Crippen molar-refractivity contribution in [2.45, 2.75) is 0 Å². The smallest absolute Gasteiger partial charge is 0.363 e. The Morgan fingerprint density at radius 2 is 2.08 bits per heavy atom. The van der Waals surface area contributed by atoms with Gasteiger partial charge in [0.2, 0.25) is 5.90 Å². The number of benzene rings is 2. The van der Waals surface area contributed by atoms with E-state index in [2.05, 4.69) is 20.9 Å². The molecule has 1 heterocycles. The minimum Gasteiger partial charge on any atom is -0.497 e. The third-order valence-electron chi connectivity index (χ3n) is 3.41. The fraction of sp³-hybridized carbons (Fsp3) is 0.0588. The molecule has 0 aliphatic carbocycles. The maximum Gasteiger partial charge on any atom is 0.363 e. The molecule has 0 saturated carbocycles. The molecule has 1 aliphatic heterocycles. The Balaban J connectivity index is 1.95. The van der Waals surface area contributed by atoms with E-state index in [1.807, 2.05) is 0 Å². The molecule has 0 atom stereocenters. The summed E-state index contributed by atoms with van der Waals surface area (Å²) < 4.78 is 11.0. The number of nitro benzene ring substituents is 1. The molecule has 25 heavy (non-hydrogen) atoms. The number of aliphatic imine (C=N–C) groups is 1. The molecule has 0 N–H and O–H groups in total. The fourth-order valence-electron chi connectivity index (χ4n) is 2.21. The average Bonchev–Trinajstić information content (AvgIpc) is 2.95. The van der Waals surface area contributed by atoms with Gasteiger partial charge in [0.25, 0.3) is 5.69 Å². The lowest BCUT2D eigenvalue weighted by molar-refractivity contribution is -0.384. The molecule has 0 amide bonds. The first kappa shape index (κ1) is 16.8. The van der Waals surface area contributed by atoms with Gasteiger partial charge in [-0.3, -0.25) is 10.1 Å². The Kier molecular flexibility index (Phi) is 4.62. The molecule has 0 aromatic heterocycles. The molecule has 0 spiro atoms. The van der Waals surface area contributed by atoms with E-state index in [0.29, 0.717) is 21.3 Å². The van der Waals surface area contributed by atoms with E-state index >= 15 is 0 Å². The monoisotopic (exact) mass is 402 g/mol. The lowest BCUT2D eigenvalue weighted by Crippen LogP contribution is -2.06. The number of ether oxygens (including phenoxy) is 2. The average molecular weight is 403 g/mol. The zero-order valence-corrected chi connectivity index (χ0v) is 14.5. The van der Waals surface area contributed by atoms with Crippen molar-refractivity contribution in [3.8, 4) is 5.75 Å². The number of cyclic esters (lactones) is 1. The fourth-order valence-corrected chi connectivity index (χ4v) is 2.73. The Morgan fingerprint density at radius 1 is 1.28 bits per heavy atom. The van der Waals surface area contributed by atoms with Crippen LogP contribution in [0.1, 0.15) is 11.1 Å². The summed E-state index contributed by atoms with van der Waals surface area (Å²) in [5.41, 5.74) is 1.08. The van der Waals surface area contributed by atoms with Gasteiger partial charge in [-0.15, -0.1) is 0 Å². The second kappa shape index (κ2) is 6.86. The number of carbonyl (C=O) groups excluding carboxylic acids is 1. The summed E-state index contributed by atoms with van der Waals surface area (Å²) >= 11 is 3.38. The summed E-state index contributed by atoms with van der Waals surface area (Å²) in [5.74, 6) is 0.174. The van der Waals surface area contributed by atoms with E-state index in [1.54, 1.807) is 31.4 Å². The molecule has 3 rings (SSSR count). The van der Waals surface area contributed by atoms with E-state index in [1.165, 1.54) is 24.3 Å². The highest BCUT2D eigenvalue weighted by molar-refractivity contribution is 9.10. The van der Waals surface area contributed by atoms with Crippen LogP contribution in [0, 0.1) is 10.1 Å². The number of rotatable bonds is 4. The molecule has 0 unspecified atom stereocenters. The van der Waals surface area contributed by atoms with Gasteiger partial charge < -0.3 is 9.47 Å². The molecule has 0 fully saturated rings. The normalized spacial score (nSPS) is 15.0. The van der Waals surface area contributed by atoms with E-state index in [4.69, 9.17) is 9.47 Å². The lowest BCUT2D eigenvalue weighted by atomic mass is 10.1. The second-order valence-corrected chi connectivity index (χ2v) is 5.89. The highest BCUT2D eigenvalue weighted by Crippen LogP contribution is 2.27. The zero-order valence-electron chi connectivity index (χ0n) is 12.9. The summed E-state index contributed by atoms with van der Waals surface area (Å²) in [6.07, 6.45) is 1.44. The van der Waals surface area contributed by atoms with Gasteiger partial charge in [0, 0.05) is 16.6 Å².